The van der Waals surface area contributed by atoms with Gasteiger partial charge in [-0.3, -0.25) is 9.69 Å². The number of para-hydroxylation sites is 1. The molecule has 0 unspecified atom stereocenters. The van der Waals surface area contributed by atoms with E-state index in [-0.39, 0.29) is 19.1 Å². The molecule has 28 heavy (non-hydrogen) atoms. The van der Waals surface area contributed by atoms with E-state index in [2.05, 4.69) is 19.2 Å². The van der Waals surface area contributed by atoms with E-state index < -0.39 is 17.7 Å². The second-order valence-electron chi connectivity index (χ2n) is 7.53. The molecule has 3 amide bonds. The minimum Gasteiger partial charge on any atom is -0.491 e. The maximum Gasteiger partial charge on any atom is 0.325 e. The third-order valence-electron chi connectivity index (χ3n) is 5.01. The first kappa shape index (κ1) is 19.9. The van der Waals surface area contributed by atoms with Gasteiger partial charge in [0, 0.05) is 0 Å². The molecule has 0 saturated carbocycles. The SMILES string of the molecule is CC(C)c1ccc([C@]2(C)NC(=O)N(C[C@@H](O)COc3ccccc3)C2=O)cc1. The van der Waals surface area contributed by atoms with Crippen LogP contribution in [-0.4, -0.2) is 41.2 Å². The largest absolute Gasteiger partial charge is 0.491 e. The number of carbonyl (C=O) groups is 2. The Hall–Kier alpha value is -2.86. The Labute approximate surface area is 165 Å². The third kappa shape index (κ3) is 4.02. The maximum atomic E-state index is 13.0. The second kappa shape index (κ2) is 8.02. The number of aliphatic hydroxyl groups excluding tert-OH is 1. The number of hydrogen-bond acceptors (Lipinski definition) is 4. The Kier molecular flexibility index (Phi) is 5.70. The summed E-state index contributed by atoms with van der Waals surface area (Å²) in [5.41, 5.74) is 0.731. The van der Waals surface area contributed by atoms with Crippen LogP contribution in [0.3, 0.4) is 0 Å². The standard InChI is InChI=1S/C22H26N2O4/c1-15(2)16-9-11-17(12-10-16)22(3)20(26)24(21(27)23-22)13-18(25)14-28-19-7-5-4-6-8-19/h4-12,15,18,25H,13-14H2,1-3H3,(H,23,27)/t18-,22+/m1/s1. The number of hydrogen-bond donors (Lipinski definition) is 2. The summed E-state index contributed by atoms with van der Waals surface area (Å²) in [6.07, 6.45) is -0.986. The van der Waals surface area contributed by atoms with Crippen molar-refractivity contribution in [2.75, 3.05) is 13.2 Å². The van der Waals surface area contributed by atoms with Crippen molar-refractivity contribution in [3.05, 3.63) is 65.7 Å². The number of nitrogens with zero attached hydrogens (tertiary/aromatic N) is 1. The number of benzene rings is 2. The van der Waals surface area contributed by atoms with E-state index in [1.165, 1.54) is 0 Å². The highest BCUT2D eigenvalue weighted by atomic mass is 16.5. The Balaban J connectivity index is 1.66. The van der Waals surface area contributed by atoms with E-state index >= 15 is 0 Å². The van der Waals surface area contributed by atoms with Gasteiger partial charge in [-0.25, -0.2) is 4.79 Å². The molecule has 0 radical (unpaired) electrons. The highest BCUT2D eigenvalue weighted by Gasteiger charge is 2.49. The van der Waals surface area contributed by atoms with Crippen molar-refractivity contribution in [2.24, 2.45) is 0 Å². The molecule has 2 aromatic carbocycles. The summed E-state index contributed by atoms with van der Waals surface area (Å²) in [6.45, 7) is 5.74. The number of ether oxygens (including phenoxy) is 1. The molecule has 0 aromatic heterocycles. The number of urea groups is 1. The molecule has 3 rings (SSSR count). The molecule has 6 heteroatoms. The Morgan fingerprint density at radius 1 is 1.07 bits per heavy atom. The van der Waals surface area contributed by atoms with Gasteiger partial charge in [0.2, 0.25) is 0 Å². The van der Waals surface area contributed by atoms with Crippen molar-refractivity contribution < 1.29 is 19.4 Å². The van der Waals surface area contributed by atoms with Gasteiger partial charge in [0.05, 0.1) is 6.54 Å². The van der Waals surface area contributed by atoms with Gasteiger partial charge in [-0.2, -0.15) is 0 Å². The molecule has 0 aliphatic carbocycles. The van der Waals surface area contributed by atoms with Crippen LogP contribution >= 0.6 is 0 Å². The van der Waals surface area contributed by atoms with Gasteiger partial charge in [-0.15, -0.1) is 0 Å². The molecule has 0 spiro atoms. The topological polar surface area (TPSA) is 78.9 Å². The summed E-state index contributed by atoms with van der Waals surface area (Å²) in [7, 11) is 0. The molecule has 1 heterocycles. The normalized spacial score (nSPS) is 20.4. The van der Waals surface area contributed by atoms with Crippen molar-refractivity contribution >= 4 is 11.9 Å². The number of imide groups is 1. The summed E-state index contributed by atoms with van der Waals surface area (Å²) in [5.74, 6) is 0.620. The predicted molar refractivity (Wildman–Crippen MR) is 106 cm³/mol. The van der Waals surface area contributed by atoms with Crippen LogP contribution < -0.4 is 10.1 Å². The Morgan fingerprint density at radius 3 is 2.32 bits per heavy atom. The number of nitrogens with one attached hydrogen (secondary N) is 1. The molecule has 0 bridgehead atoms. The zero-order valence-corrected chi connectivity index (χ0v) is 16.4. The highest BCUT2D eigenvalue weighted by Crippen LogP contribution is 2.30. The van der Waals surface area contributed by atoms with E-state index in [1.807, 2.05) is 42.5 Å². The fourth-order valence-electron chi connectivity index (χ4n) is 3.23. The van der Waals surface area contributed by atoms with Crippen LogP contribution in [0.5, 0.6) is 5.75 Å². The first-order valence-electron chi connectivity index (χ1n) is 9.41. The maximum absolute atomic E-state index is 13.0. The zero-order chi connectivity index (χ0) is 20.3. The minimum atomic E-state index is -1.15. The van der Waals surface area contributed by atoms with E-state index in [4.69, 9.17) is 4.74 Å². The molecule has 2 atom stereocenters. The molecule has 1 fully saturated rings. The Bertz CT molecular complexity index is 835. The summed E-state index contributed by atoms with van der Waals surface area (Å²) < 4.78 is 5.50. The molecular weight excluding hydrogens is 356 g/mol. The van der Waals surface area contributed by atoms with Crippen molar-refractivity contribution in [1.29, 1.82) is 0 Å². The second-order valence-corrected chi connectivity index (χ2v) is 7.53. The lowest BCUT2D eigenvalue weighted by molar-refractivity contribution is -0.132. The van der Waals surface area contributed by atoms with E-state index in [0.29, 0.717) is 17.2 Å². The van der Waals surface area contributed by atoms with Crippen molar-refractivity contribution in [1.82, 2.24) is 10.2 Å². The number of aliphatic hydroxyl groups is 1. The van der Waals surface area contributed by atoms with Gasteiger partial charge >= 0.3 is 6.03 Å². The van der Waals surface area contributed by atoms with E-state index in [1.54, 1.807) is 19.1 Å². The van der Waals surface area contributed by atoms with E-state index in [9.17, 15) is 14.7 Å². The molecule has 6 nitrogen and oxygen atoms in total. The number of amides is 3. The third-order valence-corrected chi connectivity index (χ3v) is 5.01. The number of rotatable bonds is 7. The minimum absolute atomic E-state index is 0.0130. The summed E-state index contributed by atoms with van der Waals surface area (Å²) >= 11 is 0. The van der Waals surface area contributed by atoms with E-state index in [0.717, 1.165) is 10.5 Å². The molecule has 1 aliphatic rings. The smallest absolute Gasteiger partial charge is 0.325 e. The van der Waals surface area contributed by atoms with Crippen LogP contribution in [0.2, 0.25) is 0 Å². The van der Waals surface area contributed by atoms with Crippen molar-refractivity contribution in [3.63, 3.8) is 0 Å². The summed E-state index contributed by atoms with van der Waals surface area (Å²) in [5, 5.41) is 13.0. The molecule has 1 aliphatic heterocycles. The van der Waals surface area contributed by atoms with Gasteiger partial charge in [-0.1, -0.05) is 56.3 Å². The average Bonchev–Trinajstić information content (AvgIpc) is 2.91. The molecular formula is C22H26N2O4. The first-order valence-corrected chi connectivity index (χ1v) is 9.41. The quantitative estimate of drug-likeness (QED) is 0.722. The van der Waals surface area contributed by atoms with Crippen LogP contribution in [0.25, 0.3) is 0 Å². The molecule has 148 valence electrons. The van der Waals surface area contributed by atoms with Gasteiger partial charge in [0.15, 0.2) is 0 Å². The van der Waals surface area contributed by atoms with Crippen LogP contribution in [0.4, 0.5) is 4.79 Å². The average molecular weight is 382 g/mol. The van der Waals surface area contributed by atoms with Gasteiger partial charge in [-0.05, 0) is 36.1 Å². The van der Waals surface area contributed by atoms with Crippen LogP contribution in [0.1, 0.15) is 37.8 Å². The number of β-amino-alcohol motifs (C(OH)–C–C–N with tert-alkyl or cyclic N) is 1. The lowest BCUT2D eigenvalue weighted by Crippen LogP contribution is -2.42. The van der Waals surface area contributed by atoms with Crippen LogP contribution in [-0.2, 0) is 10.3 Å². The van der Waals surface area contributed by atoms with Crippen molar-refractivity contribution in [2.45, 2.75) is 38.3 Å². The lowest BCUT2D eigenvalue weighted by atomic mass is 9.90. The predicted octanol–water partition coefficient (Wildman–Crippen LogP) is 3.02. The fourth-order valence-corrected chi connectivity index (χ4v) is 3.23. The zero-order valence-electron chi connectivity index (χ0n) is 16.4. The summed E-state index contributed by atoms with van der Waals surface area (Å²) in [4.78, 5) is 26.4. The fraction of sp³-hybridized carbons (Fsp3) is 0.364. The van der Waals surface area contributed by atoms with Gasteiger partial charge in [0.1, 0.15) is 24.0 Å². The van der Waals surface area contributed by atoms with Gasteiger partial charge in [0.25, 0.3) is 5.91 Å². The first-order chi connectivity index (χ1) is 13.3. The van der Waals surface area contributed by atoms with Crippen LogP contribution in [0.15, 0.2) is 54.6 Å². The van der Waals surface area contributed by atoms with Gasteiger partial charge < -0.3 is 15.2 Å². The molecule has 2 aromatic rings. The summed E-state index contributed by atoms with van der Waals surface area (Å²) in [6, 6.07) is 16.2. The Morgan fingerprint density at radius 2 is 1.71 bits per heavy atom. The van der Waals surface area contributed by atoms with Crippen molar-refractivity contribution in [3.8, 4) is 5.75 Å². The molecule has 1 saturated heterocycles. The van der Waals surface area contributed by atoms with Crippen LogP contribution in [0, 0.1) is 0 Å². The monoisotopic (exact) mass is 382 g/mol. The lowest BCUT2D eigenvalue weighted by Gasteiger charge is -2.23. The highest BCUT2D eigenvalue weighted by molar-refractivity contribution is 6.07. The number of carbonyl (C=O) groups excluding carboxylic acids is 2. The molecule has 2 N–H and O–H groups in total.